The molecule has 0 saturated carbocycles. The summed E-state index contributed by atoms with van der Waals surface area (Å²) in [7, 11) is 0. The molecule has 0 aromatic heterocycles. The van der Waals surface area contributed by atoms with Crippen LogP contribution in [0.15, 0.2) is 35.9 Å². The third-order valence-corrected chi connectivity index (χ3v) is 4.71. The number of nitrogens with two attached hydrogens (primary N) is 1. The summed E-state index contributed by atoms with van der Waals surface area (Å²) < 4.78 is 0.281. The number of hydrogen-bond donors (Lipinski definition) is 1. The van der Waals surface area contributed by atoms with Gasteiger partial charge in [-0.3, -0.25) is 5.01 Å². The number of halogens is 1. The number of thioether (sulfide) groups is 2. The minimum atomic E-state index is 0.281. The van der Waals surface area contributed by atoms with E-state index in [1.165, 1.54) is 5.56 Å². The van der Waals surface area contributed by atoms with Gasteiger partial charge >= 0.3 is 0 Å². The highest BCUT2D eigenvalue weighted by molar-refractivity contribution is 8.18. The van der Waals surface area contributed by atoms with Crippen LogP contribution in [-0.4, -0.2) is 9.71 Å². The van der Waals surface area contributed by atoms with E-state index in [4.69, 9.17) is 17.4 Å². The Hall–Kier alpha value is -0.290. The fourth-order valence-electron chi connectivity index (χ4n) is 1.23. The first-order valence-corrected chi connectivity index (χ1v) is 6.84. The molecule has 1 unspecified atom stereocenters. The molecule has 1 aromatic carbocycles. The molecule has 0 fully saturated rings. The third kappa shape index (κ3) is 3.08. The van der Waals surface area contributed by atoms with Crippen molar-refractivity contribution in [1.82, 2.24) is 5.01 Å². The summed E-state index contributed by atoms with van der Waals surface area (Å²) in [6, 6.07) is 7.92. The molecule has 0 bridgehead atoms. The van der Waals surface area contributed by atoms with Crippen LogP contribution in [0.2, 0.25) is 5.02 Å². The van der Waals surface area contributed by atoms with Crippen molar-refractivity contribution in [1.29, 1.82) is 0 Å². The molecular formula is C10H11ClN2S2. The van der Waals surface area contributed by atoms with Crippen molar-refractivity contribution in [3.8, 4) is 0 Å². The predicted molar refractivity (Wildman–Crippen MR) is 69.3 cm³/mol. The largest absolute Gasteiger partial charge is 0.294 e. The minimum absolute atomic E-state index is 0.281. The van der Waals surface area contributed by atoms with Crippen LogP contribution < -0.4 is 5.84 Å². The highest BCUT2D eigenvalue weighted by Crippen LogP contribution is 2.33. The van der Waals surface area contributed by atoms with Crippen molar-refractivity contribution in [3.63, 3.8) is 0 Å². The zero-order valence-electron chi connectivity index (χ0n) is 7.97. The van der Waals surface area contributed by atoms with Crippen LogP contribution in [0.4, 0.5) is 0 Å². The van der Waals surface area contributed by atoms with E-state index >= 15 is 0 Å². The van der Waals surface area contributed by atoms with Crippen LogP contribution in [0, 0.1) is 0 Å². The van der Waals surface area contributed by atoms with Crippen molar-refractivity contribution in [3.05, 3.63) is 46.5 Å². The van der Waals surface area contributed by atoms with Gasteiger partial charge in [0.1, 0.15) is 4.71 Å². The Kier molecular flexibility index (Phi) is 3.86. The van der Waals surface area contributed by atoms with Gasteiger partial charge in [-0.25, -0.2) is 5.84 Å². The second-order valence-corrected chi connectivity index (χ2v) is 5.91. The summed E-state index contributed by atoms with van der Waals surface area (Å²) in [5.74, 6) is 6.68. The van der Waals surface area contributed by atoms with Crippen molar-refractivity contribution < 1.29 is 0 Å². The summed E-state index contributed by atoms with van der Waals surface area (Å²) in [4.78, 5) is 0. The van der Waals surface area contributed by atoms with E-state index < -0.39 is 0 Å². The first-order chi connectivity index (χ1) is 7.25. The Morgan fingerprint density at radius 2 is 2.40 bits per heavy atom. The van der Waals surface area contributed by atoms with Crippen LogP contribution in [0.1, 0.15) is 5.56 Å². The quantitative estimate of drug-likeness (QED) is 0.843. The normalized spacial score (nSPS) is 19.9. The lowest BCUT2D eigenvalue weighted by molar-refractivity contribution is 0.450. The molecule has 1 atom stereocenters. The van der Waals surface area contributed by atoms with Gasteiger partial charge in [0, 0.05) is 17.0 Å². The van der Waals surface area contributed by atoms with Crippen LogP contribution in [0.3, 0.4) is 0 Å². The Labute approximate surface area is 103 Å². The molecule has 1 heterocycles. The molecule has 80 valence electrons. The highest BCUT2D eigenvalue weighted by Gasteiger charge is 2.16. The maximum atomic E-state index is 5.91. The summed E-state index contributed by atoms with van der Waals surface area (Å²) in [5, 5.41) is 4.52. The van der Waals surface area contributed by atoms with Gasteiger partial charge in [-0.2, -0.15) is 0 Å². The van der Waals surface area contributed by atoms with Gasteiger partial charge in [-0.05, 0) is 23.1 Å². The molecule has 0 amide bonds. The average molecular weight is 259 g/mol. The Morgan fingerprint density at radius 3 is 3.07 bits per heavy atom. The van der Waals surface area contributed by atoms with Crippen molar-refractivity contribution in [2.24, 2.45) is 5.84 Å². The van der Waals surface area contributed by atoms with E-state index in [2.05, 4.69) is 6.07 Å². The van der Waals surface area contributed by atoms with Gasteiger partial charge in [0.05, 0.1) is 0 Å². The topological polar surface area (TPSA) is 29.3 Å². The Balaban J connectivity index is 1.88. The number of hydrogen-bond acceptors (Lipinski definition) is 4. The molecule has 1 aliphatic rings. The molecule has 5 heteroatoms. The molecule has 0 saturated heterocycles. The predicted octanol–water partition coefficient (Wildman–Crippen LogP) is 3.25. The first-order valence-electron chi connectivity index (χ1n) is 4.47. The maximum absolute atomic E-state index is 5.91. The summed E-state index contributed by atoms with van der Waals surface area (Å²) in [6.07, 6.45) is 1.89. The summed E-state index contributed by atoms with van der Waals surface area (Å²) in [5.41, 5.74) is 1.23. The standard InChI is InChI=1S/C10H11ClN2S2/c11-9-3-1-2-8(6-9)7-15-10-13(12)4-5-14-10/h1-6,10H,7,12H2. The Morgan fingerprint density at radius 1 is 1.53 bits per heavy atom. The van der Waals surface area contributed by atoms with Crippen molar-refractivity contribution >= 4 is 35.1 Å². The number of nitrogens with zero attached hydrogens (tertiary/aromatic N) is 1. The maximum Gasteiger partial charge on any atom is 0.140 e. The van der Waals surface area contributed by atoms with Gasteiger partial charge < -0.3 is 0 Å². The van der Waals surface area contributed by atoms with E-state index in [1.807, 2.05) is 29.8 Å². The van der Waals surface area contributed by atoms with E-state index in [0.717, 1.165) is 10.8 Å². The fraction of sp³-hybridized carbons (Fsp3) is 0.200. The summed E-state index contributed by atoms with van der Waals surface area (Å²) >= 11 is 9.43. The molecule has 0 radical (unpaired) electrons. The van der Waals surface area contributed by atoms with Gasteiger partial charge in [-0.1, -0.05) is 35.5 Å². The SMILES string of the molecule is NN1C=CSC1SCc1cccc(Cl)c1. The van der Waals surface area contributed by atoms with E-state index in [-0.39, 0.29) is 4.71 Å². The fourth-order valence-corrected chi connectivity index (χ4v) is 3.47. The second kappa shape index (κ2) is 5.16. The molecule has 1 aliphatic heterocycles. The van der Waals surface area contributed by atoms with Gasteiger partial charge in [0.15, 0.2) is 0 Å². The van der Waals surface area contributed by atoms with Crippen molar-refractivity contribution in [2.75, 3.05) is 0 Å². The molecular weight excluding hydrogens is 248 g/mol. The summed E-state index contributed by atoms with van der Waals surface area (Å²) in [6.45, 7) is 0. The van der Waals surface area contributed by atoms with Crippen LogP contribution >= 0.6 is 35.1 Å². The molecule has 1 aromatic rings. The third-order valence-electron chi connectivity index (χ3n) is 1.95. The Bertz CT molecular complexity index is 370. The lowest BCUT2D eigenvalue weighted by Gasteiger charge is -2.18. The number of hydrazine groups is 1. The van der Waals surface area contributed by atoms with Crippen LogP contribution in [-0.2, 0) is 5.75 Å². The molecule has 0 spiro atoms. The van der Waals surface area contributed by atoms with Crippen molar-refractivity contribution in [2.45, 2.75) is 10.5 Å². The van der Waals surface area contributed by atoms with Crippen LogP contribution in [0.25, 0.3) is 0 Å². The number of benzene rings is 1. The van der Waals surface area contributed by atoms with Gasteiger partial charge in [0.25, 0.3) is 0 Å². The molecule has 0 aliphatic carbocycles. The molecule has 2 rings (SSSR count). The smallest absolute Gasteiger partial charge is 0.140 e. The lowest BCUT2D eigenvalue weighted by Crippen LogP contribution is -2.28. The number of rotatable bonds is 3. The zero-order valence-corrected chi connectivity index (χ0v) is 10.4. The van der Waals surface area contributed by atoms with E-state index in [1.54, 1.807) is 28.5 Å². The van der Waals surface area contributed by atoms with E-state index in [0.29, 0.717) is 0 Å². The first kappa shape index (κ1) is 11.2. The van der Waals surface area contributed by atoms with Gasteiger partial charge in [-0.15, -0.1) is 11.8 Å². The van der Waals surface area contributed by atoms with Crippen LogP contribution in [0.5, 0.6) is 0 Å². The van der Waals surface area contributed by atoms with Gasteiger partial charge in [0.2, 0.25) is 0 Å². The lowest BCUT2D eigenvalue weighted by atomic mass is 10.2. The molecule has 2 N–H and O–H groups in total. The molecule has 2 nitrogen and oxygen atoms in total. The minimum Gasteiger partial charge on any atom is -0.294 e. The monoisotopic (exact) mass is 258 g/mol. The second-order valence-electron chi connectivity index (χ2n) is 3.12. The average Bonchev–Trinajstić information content (AvgIpc) is 2.61. The highest BCUT2D eigenvalue weighted by atomic mass is 35.5. The molecule has 15 heavy (non-hydrogen) atoms. The zero-order chi connectivity index (χ0) is 10.7. The van der Waals surface area contributed by atoms with E-state index in [9.17, 15) is 0 Å².